The van der Waals surface area contributed by atoms with Gasteiger partial charge in [0, 0.05) is 19.1 Å². The molecule has 78 valence electrons. The average molecular weight is 194 g/mol. The van der Waals surface area contributed by atoms with Crippen molar-refractivity contribution in [2.45, 2.75) is 44.8 Å². The molecule has 1 saturated carbocycles. The largest absolute Gasteiger partial charge is 0.387 e. The highest BCUT2D eigenvalue weighted by molar-refractivity contribution is 5.11. The number of aliphatic hydroxyl groups is 1. The van der Waals surface area contributed by atoms with Gasteiger partial charge in [0.05, 0.1) is 17.1 Å². The van der Waals surface area contributed by atoms with Crippen molar-refractivity contribution in [1.29, 1.82) is 5.26 Å². The van der Waals surface area contributed by atoms with Crippen LogP contribution in [0.4, 0.5) is 0 Å². The third-order valence-corrected chi connectivity index (χ3v) is 3.78. The Morgan fingerprint density at radius 2 is 2.14 bits per heavy atom. The van der Waals surface area contributed by atoms with Crippen LogP contribution in [-0.4, -0.2) is 34.7 Å². The van der Waals surface area contributed by atoms with Crippen LogP contribution in [-0.2, 0) is 0 Å². The van der Waals surface area contributed by atoms with Gasteiger partial charge in [-0.25, -0.2) is 0 Å². The van der Waals surface area contributed by atoms with E-state index in [-0.39, 0.29) is 0 Å². The molecular formula is C11H18N2O. The first-order chi connectivity index (χ1) is 6.48. The summed E-state index contributed by atoms with van der Waals surface area (Å²) in [5.74, 6) is 0. The van der Waals surface area contributed by atoms with Crippen LogP contribution in [0.2, 0.25) is 0 Å². The molecule has 0 aromatic heterocycles. The summed E-state index contributed by atoms with van der Waals surface area (Å²) in [6.07, 6.45) is 3.27. The van der Waals surface area contributed by atoms with Crippen LogP contribution in [0, 0.1) is 16.7 Å². The van der Waals surface area contributed by atoms with Gasteiger partial charge in [-0.1, -0.05) is 0 Å². The van der Waals surface area contributed by atoms with Crippen LogP contribution in [0.15, 0.2) is 0 Å². The van der Waals surface area contributed by atoms with Crippen LogP contribution in [0.3, 0.4) is 0 Å². The summed E-state index contributed by atoms with van der Waals surface area (Å²) in [6, 6.07) is 2.92. The van der Waals surface area contributed by atoms with Crippen molar-refractivity contribution in [1.82, 2.24) is 4.90 Å². The lowest BCUT2D eigenvalue weighted by atomic mass is 9.75. The fourth-order valence-electron chi connectivity index (χ4n) is 2.19. The molecule has 1 N–H and O–H groups in total. The molecule has 1 aliphatic heterocycles. The molecule has 2 rings (SSSR count). The van der Waals surface area contributed by atoms with Crippen molar-refractivity contribution < 1.29 is 5.11 Å². The number of nitrogens with zero attached hydrogens (tertiary/aromatic N) is 2. The van der Waals surface area contributed by atoms with Gasteiger partial charge < -0.3 is 5.11 Å². The first kappa shape index (κ1) is 9.95. The van der Waals surface area contributed by atoms with Crippen molar-refractivity contribution in [3.8, 4) is 6.07 Å². The maximum Gasteiger partial charge on any atom is 0.0966 e. The van der Waals surface area contributed by atoms with E-state index in [4.69, 9.17) is 5.26 Å². The van der Waals surface area contributed by atoms with Crippen molar-refractivity contribution in [2.75, 3.05) is 13.1 Å². The van der Waals surface area contributed by atoms with Gasteiger partial charge in [0.15, 0.2) is 0 Å². The molecule has 3 heteroatoms. The minimum absolute atomic E-state index is 0.628. The molecule has 0 radical (unpaired) electrons. The lowest BCUT2D eigenvalue weighted by Gasteiger charge is -2.34. The van der Waals surface area contributed by atoms with E-state index >= 15 is 0 Å². The Morgan fingerprint density at radius 3 is 2.64 bits per heavy atom. The molecule has 2 aliphatic rings. The van der Waals surface area contributed by atoms with Crippen molar-refractivity contribution in [3.63, 3.8) is 0 Å². The second-order valence-corrected chi connectivity index (χ2v) is 5.22. The summed E-state index contributed by atoms with van der Waals surface area (Å²) in [7, 11) is 0. The normalized spacial score (nSPS) is 34.4. The fourth-order valence-corrected chi connectivity index (χ4v) is 2.19. The van der Waals surface area contributed by atoms with Gasteiger partial charge in [-0.3, -0.25) is 4.90 Å². The zero-order chi connectivity index (χ0) is 10.4. The minimum atomic E-state index is -0.801. The molecule has 1 heterocycles. The van der Waals surface area contributed by atoms with Crippen LogP contribution < -0.4 is 0 Å². The van der Waals surface area contributed by atoms with Gasteiger partial charge in [0.1, 0.15) is 0 Å². The maximum absolute atomic E-state index is 10.4. The van der Waals surface area contributed by atoms with E-state index in [1.807, 2.05) is 13.8 Å². The molecule has 0 bridgehead atoms. The van der Waals surface area contributed by atoms with E-state index in [2.05, 4.69) is 11.0 Å². The Kier molecular flexibility index (Phi) is 2.09. The van der Waals surface area contributed by atoms with Crippen LogP contribution in [0.5, 0.6) is 0 Å². The first-order valence-corrected chi connectivity index (χ1v) is 5.36. The Morgan fingerprint density at radius 1 is 1.50 bits per heavy atom. The summed E-state index contributed by atoms with van der Waals surface area (Å²) in [6.45, 7) is 5.30. The van der Waals surface area contributed by atoms with Gasteiger partial charge in [0.2, 0.25) is 0 Å². The van der Waals surface area contributed by atoms with Gasteiger partial charge in [-0.2, -0.15) is 5.26 Å². The summed E-state index contributed by atoms with van der Waals surface area (Å²) in [5.41, 5.74) is -1.43. The van der Waals surface area contributed by atoms with E-state index in [0.717, 1.165) is 13.0 Å². The van der Waals surface area contributed by atoms with Crippen molar-refractivity contribution >= 4 is 0 Å². The van der Waals surface area contributed by atoms with E-state index < -0.39 is 11.0 Å². The predicted molar refractivity (Wildman–Crippen MR) is 53.6 cm³/mol. The SMILES string of the molecule is CC(C)(C#N)C1(O)CCN(C2CC2)C1. The number of rotatable bonds is 2. The topological polar surface area (TPSA) is 47.3 Å². The second-order valence-electron chi connectivity index (χ2n) is 5.22. The van der Waals surface area contributed by atoms with E-state index in [1.54, 1.807) is 0 Å². The number of hydrogen-bond acceptors (Lipinski definition) is 3. The lowest BCUT2D eigenvalue weighted by Crippen LogP contribution is -2.46. The monoisotopic (exact) mass is 194 g/mol. The molecule has 2 fully saturated rings. The highest BCUT2D eigenvalue weighted by Crippen LogP contribution is 2.41. The van der Waals surface area contributed by atoms with Gasteiger partial charge in [-0.05, 0) is 33.1 Å². The third-order valence-electron chi connectivity index (χ3n) is 3.78. The fraction of sp³-hybridized carbons (Fsp3) is 0.909. The minimum Gasteiger partial charge on any atom is -0.387 e. The molecular weight excluding hydrogens is 176 g/mol. The number of nitriles is 1. The Balaban J connectivity index is 2.08. The lowest BCUT2D eigenvalue weighted by molar-refractivity contribution is -0.0290. The molecule has 3 nitrogen and oxygen atoms in total. The average Bonchev–Trinajstić information content (AvgIpc) is 2.90. The van der Waals surface area contributed by atoms with Gasteiger partial charge in [-0.15, -0.1) is 0 Å². The summed E-state index contributed by atoms with van der Waals surface area (Å²) < 4.78 is 0. The second kappa shape index (κ2) is 2.95. The van der Waals surface area contributed by atoms with Crippen LogP contribution in [0.25, 0.3) is 0 Å². The standard InChI is InChI=1S/C11H18N2O/c1-10(2,7-12)11(14)5-6-13(8-11)9-3-4-9/h9,14H,3-6,8H2,1-2H3. The zero-order valence-corrected chi connectivity index (χ0v) is 8.95. The summed E-state index contributed by atoms with van der Waals surface area (Å²) in [4.78, 5) is 2.33. The third kappa shape index (κ3) is 1.43. The molecule has 0 amide bonds. The maximum atomic E-state index is 10.4. The quantitative estimate of drug-likeness (QED) is 0.717. The zero-order valence-electron chi connectivity index (χ0n) is 8.95. The van der Waals surface area contributed by atoms with Gasteiger partial charge in [0.25, 0.3) is 0 Å². The van der Waals surface area contributed by atoms with E-state index in [9.17, 15) is 5.11 Å². The first-order valence-electron chi connectivity index (χ1n) is 5.36. The van der Waals surface area contributed by atoms with Gasteiger partial charge >= 0.3 is 0 Å². The van der Waals surface area contributed by atoms with Crippen molar-refractivity contribution in [3.05, 3.63) is 0 Å². The Labute approximate surface area is 85.3 Å². The molecule has 1 saturated heterocycles. The van der Waals surface area contributed by atoms with E-state index in [0.29, 0.717) is 12.6 Å². The molecule has 0 spiro atoms. The highest BCUT2D eigenvalue weighted by Gasteiger charge is 2.50. The summed E-state index contributed by atoms with van der Waals surface area (Å²) in [5, 5.41) is 19.4. The smallest absolute Gasteiger partial charge is 0.0966 e. The molecule has 14 heavy (non-hydrogen) atoms. The number of likely N-dealkylation sites (tertiary alicyclic amines) is 1. The van der Waals surface area contributed by atoms with Crippen LogP contribution in [0.1, 0.15) is 33.1 Å². The number of β-amino-alcohol motifs (C(OH)–C–C–N with tert-alkyl or cyclic N) is 1. The number of hydrogen-bond donors (Lipinski definition) is 1. The molecule has 0 aromatic carbocycles. The highest BCUT2D eigenvalue weighted by atomic mass is 16.3. The van der Waals surface area contributed by atoms with Crippen LogP contribution >= 0.6 is 0 Å². The molecule has 1 atom stereocenters. The van der Waals surface area contributed by atoms with E-state index in [1.165, 1.54) is 12.8 Å². The summed E-state index contributed by atoms with van der Waals surface area (Å²) >= 11 is 0. The Hall–Kier alpha value is -0.590. The Bertz CT molecular complexity index is 278. The van der Waals surface area contributed by atoms with Crippen molar-refractivity contribution in [2.24, 2.45) is 5.41 Å². The molecule has 1 aliphatic carbocycles. The molecule has 0 aromatic rings. The predicted octanol–water partition coefficient (Wildman–Crippen LogP) is 1.14. The molecule has 1 unspecified atom stereocenters.